The van der Waals surface area contributed by atoms with E-state index in [-0.39, 0.29) is 0 Å². The summed E-state index contributed by atoms with van der Waals surface area (Å²) in [7, 11) is 2.17. The van der Waals surface area contributed by atoms with Crippen molar-refractivity contribution in [2.24, 2.45) is 10.7 Å². The summed E-state index contributed by atoms with van der Waals surface area (Å²) in [6.07, 6.45) is 7.45. The molecule has 1 aromatic carbocycles. The predicted octanol–water partition coefficient (Wildman–Crippen LogP) is 2.68. The largest absolute Gasteiger partial charge is 0.492 e. The van der Waals surface area contributed by atoms with Crippen molar-refractivity contribution < 1.29 is 4.74 Å². The topological polar surface area (TPSA) is 74.9 Å². The maximum atomic E-state index is 6.24. The Bertz CT molecular complexity index is 837. The monoisotopic (exact) mass is 367 g/mol. The van der Waals surface area contributed by atoms with Crippen LogP contribution in [0.2, 0.25) is 0 Å². The zero-order chi connectivity index (χ0) is 19.0. The van der Waals surface area contributed by atoms with Crippen molar-refractivity contribution in [1.29, 1.82) is 0 Å². The molecule has 4 N–H and O–H groups in total. The second-order valence-electron chi connectivity index (χ2n) is 7.98. The van der Waals surface area contributed by atoms with Gasteiger partial charge in [0.2, 0.25) is 5.96 Å². The number of nitrogens with one attached hydrogen (secondary N) is 2. The Hall–Kier alpha value is -2.31. The Morgan fingerprint density at radius 2 is 2.19 bits per heavy atom. The molecule has 4 rings (SSSR count). The summed E-state index contributed by atoms with van der Waals surface area (Å²) in [5, 5.41) is 6.67. The number of anilines is 1. The van der Waals surface area contributed by atoms with Crippen LogP contribution in [-0.2, 0) is 6.42 Å². The van der Waals surface area contributed by atoms with Gasteiger partial charge in [-0.1, -0.05) is 6.08 Å². The molecule has 0 aromatic heterocycles. The first-order valence-electron chi connectivity index (χ1n) is 9.69. The number of hydrogen-bond donors (Lipinski definition) is 3. The van der Waals surface area contributed by atoms with E-state index in [9.17, 15) is 0 Å². The number of allylic oxidation sites excluding steroid dienone is 2. The highest BCUT2D eigenvalue weighted by Gasteiger charge is 2.24. The van der Waals surface area contributed by atoms with Crippen molar-refractivity contribution in [3.8, 4) is 5.75 Å². The van der Waals surface area contributed by atoms with Crippen molar-refractivity contribution in [3.05, 3.63) is 41.1 Å². The second kappa shape index (κ2) is 7.02. The average Bonchev–Trinajstić information content (AvgIpc) is 2.93. The lowest BCUT2D eigenvalue weighted by Gasteiger charge is -2.29. The third-order valence-corrected chi connectivity index (χ3v) is 5.21. The molecule has 0 aliphatic carbocycles. The number of benzene rings is 1. The molecular formula is C21H29N5O. The van der Waals surface area contributed by atoms with Crippen LogP contribution in [0.5, 0.6) is 5.75 Å². The van der Waals surface area contributed by atoms with Gasteiger partial charge in [0.1, 0.15) is 11.4 Å². The van der Waals surface area contributed by atoms with Crippen LogP contribution in [0.4, 0.5) is 5.69 Å². The summed E-state index contributed by atoms with van der Waals surface area (Å²) in [6, 6.07) is 4.36. The average molecular weight is 367 g/mol. The quantitative estimate of drug-likeness (QED) is 0.749. The minimum atomic E-state index is -0.606. The van der Waals surface area contributed by atoms with E-state index in [1.807, 2.05) is 19.9 Å². The van der Waals surface area contributed by atoms with Crippen molar-refractivity contribution in [3.63, 3.8) is 0 Å². The van der Waals surface area contributed by atoms with Gasteiger partial charge >= 0.3 is 0 Å². The van der Waals surface area contributed by atoms with Gasteiger partial charge in [0.25, 0.3) is 0 Å². The number of rotatable bonds is 2. The first kappa shape index (κ1) is 18.1. The highest BCUT2D eigenvalue weighted by atomic mass is 16.5. The fraction of sp³-hybridized carbons (Fsp3) is 0.476. The molecule has 0 fully saturated rings. The highest BCUT2D eigenvalue weighted by Crippen LogP contribution is 2.39. The smallest absolute Gasteiger partial charge is 0.202 e. The standard InChI is InChI=1S/C21H29N5O/c1-14-13-21(2,22)25-20(23-14)24-17-11-16-7-10-27-19(16)18(12-17)15-5-4-8-26(3)9-6-15/h6,11-13H,4-5,7-10,22H2,1-3H3,(H2,23,24,25). The Morgan fingerprint density at radius 3 is 3.00 bits per heavy atom. The number of nitrogens with two attached hydrogens (primary N) is 1. The van der Waals surface area contributed by atoms with Crippen LogP contribution in [0.25, 0.3) is 5.57 Å². The van der Waals surface area contributed by atoms with E-state index < -0.39 is 5.66 Å². The zero-order valence-corrected chi connectivity index (χ0v) is 16.4. The van der Waals surface area contributed by atoms with Gasteiger partial charge in [-0.05, 0) is 64.1 Å². The van der Waals surface area contributed by atoms with Crippen molar-refractivity contribution in [2.45, 2.75) is 38.8 Å². The van der Waals surface area contributed by atoms with Gasteiger partial charge in [0.15, 0.2) is 0 Å². The van der Waals surface area contributed by atoms with Crippen LogP contribution in [0.3, 0.4) is 0 Å². The van der Waals surface area contributed by atoms with Crippen molar-refractivity contribution >= 4 is 17.2 Å². The number of ether oxygens (including phenoxy) is 1. The summed E-state index contributed by atoms with van der Waals surface area (Å²) in [5.74, 6) is 1.73. The second-order valence-corrected chi connectivity index (χ2v) is 7.98. The van der Waals surface area contributed by atoms with Crippen LogP contribution >= 0.6 is 0 Å². The zero-order valence-electron chi connectivity index (χ0n) is 16.4. The normalized spacial score (nSPS) is 25.4. The molecular weight excluding hydrogens is 338 g/mol. The maximum Gasteiger partial charge on any atom is 0.202 e. The van der Waals surface area contributed by atoms with E-state index in [1.54, 1.807) is 0 Å². The van der Waals surface area contributed by atoms with Crippen molar-refractivity contribution in [2.75, 3.05) is 32.1 Å². The molecule has 3 aliphatic heterocycles. The van der Waals surface area contributed by atoms with E-state index in [0.717, 1.165) is 49.7 Å². The molecule has 0 spiro atoms. The maximum absolute atomic E-state index is 6.24. The summed E-state index contributed by atoms with van der Waals surface area (Å²) in [5.41, 5.74) is 11.4. The summed E-state index contributed by atoms with van der Waals surface area (Å²) >= 11 is 0. The molecule has 3 heterocycles. The van der Waals surface area contributed by atoms with Crippen LogP contribution in [-0.4, -0.2) is 43.3 Å². The Kier molecular flexibility index (Phi) is 4.70. The molecule has 0 saturated heterocycles. The minimum absolute atomic E-state index is 0.606. The summed E-state index contributed by atoms with van der Waals surface area (Å²) in [6.45, 7) is 6.75. The van der Waals surface area contributed by atoms with Gasteiger partial charge in [-0.15, -0.1) is 0 Å². The fourth-order valence-electron chi connectivity index (χ4n) is 4.02. The van der Waals surface area contributed by atoms with E-state index in [1.165, 1.54) is 23.1 Å². The summed E-state index contributed by atoms with van der Waals surface area (Å²) < 4.78 is 5.99. The Morgan fingerprint density at radius 1 is 1.33 bits per heavy atom. The lowest BCUT2D eigenvalue weighted by molar-refractivity contribution is 0.356. The van der Waals surface area contributed by atoms with Gasteiger partial charge < -0.3 is 26.0 Å². The summed E-state index contributed by atoms with van der Waals surface area (Å²) in [4.78, 5) is 6.91. The number of nitrogens with zero attached hydrogens (tertiary/aromatic N) is 2. The SMILES string of the molecule is CC1=CC(C)(N)NC(Nc2cc3c(c(C4=CCN(C)CCC4)c2)OCC3)=N1. The van der Waals surface area contributed by atoms with Crippen LogP contribution in [0.15, 0.2) is 35.0 Å². The molecule has 1 unspecified atom stereocenters. The van der Waals surface area contributed by atoms with Gasteiger partial charge in [0, 0.05) is 35.5 Å². The Balaban J connectivity index is 1.66. The van der Waals surface area contributed by atoms with Gasteiger partial charge in [-0.3, -0.25) is 0 Å². The molecule has 0 amide bonds. The molecule has 6 nitrogen and oxygen atoms in total. The molecule has 3 aliphatic rings. The highest BCUT2D eigenvalue weighted by molar-refractivity contribution is 5.96. The first-order chi connectivity index (χ1) is 12.9. The molecule has 1 atom stereocenters. The number of aliphatic imine (C=N–C) groups is 1. The lowest BCUT2D eigenvalue weighted by Crippen LogP contribution is -2.55. The third kappa shape index (κ3) is 4.01. The number of guanidine groups is 1. The number of fused-ring (bicyclic) bond motifs is 1. The Labute approximate surface area is 161 Å². The van der Waals surface area contributed by atoms with Gasteiger partial charge in [0.05, 0.1) is 6.61 Å². The van der Waals surface area contributed by atoms with E-state index in [2.05, 4.69) is 45.8 Å². The first-order valence-corrected chi connectivity index (χ1v) is 9.69. The molecule has 0 radical (unpaired) electrons. The lowest BCUT2D eigenvalue weighted by atomic mass is 9.97. The van der Waals surface area contributed by atoms with Crippen LogP contribution in [0, 0.1) is 0 Å². The van der Waals surface area contributed by atoms with Gasteiger partial charge in [-0.2, -0.15) is 0 Å². The van der Waals surface area contributed by atoms with Crippen LogP contribution in [0.1, 0.15) is 37.8 Å². The fourth-order valence-corrected chi connectivity index (χ4v) is 4.02. The molecule has 1 aromatic rings. The number of likely N-dealkylation sites (N-methyl/N-ethyl adjacent to an activating group) is 1. The van der Waals surface area contributed by atoms with Crippen molar-refractivity contribution in [1.82, 2.24) is 10.2 Å². The van der Waals surface area contributed by atoms with Crippen LogP contribution < -0.4 is 21.1 Å². The third-order valence-electron chi connectivity index (χ3n) is 5.21. The van der Waals surface area contributed by atoms with E-state index in [4.69, 9.17) is 10.5 Å². The van der Waals surface area contributed by atoms with E-state index in [0.29, 0.717) is 5.96 Å². The molecule has 0 saturated carbocycles. The predicted molar refractivity (Wildman–Crippen MR) is 111 cm³/mol. The van der Waals surface area contributed by atoms with Gasteiger partial charge in [-0.25, -0.2) is 4.99 Å². The minimum Gasteiger partial charge on any atom is -0.492 e. The molecule has 27 heavy (non-hydrogen) atoms. The number of hydrogen-bond acceptors (Lipinski definition) is 6. The van der Waals surface area contributed by atoms with E-state index >= 15 is 0 Å². The molecule has 6 heteroatoms. The molecule has 144 valence electrons. The molecule has 0 bridgehead atoms.